The maximum absolute atomic E-state index is 13.6. The minimum absolute atomic E-state index is 0.00857. The van der Waals surface area contributed by atoms with Gasteiger partial charge in [0.25, 0.3) is 0 Å². The Kier molecular flexibility index (Phi) is 14.3. The fourth-order valence-corrected chi connectivity index (χ4v) is 5.97. The first-order valence-electron chi connectivity index (χ1n) is 14.2. The third-order valence-electron chi connectivity index (χ3n) is 6.66. The van der Waals surface area contributed by atoms with E-state index in [1.807, 2.05) is 44.2 Å². The summed E-state index contributed by atoms with van der Waals surface area (Å²) in [5.41, 5.74) is 0.861. The first-order chi connectivity index (χ1) is 19.5. The number of amides is 2. The second kappa shape index (κ2) is 17.1. The molecule has 2 amide bonds. The summed E-state index contributed by atoms with van der Waals surface area (Å²) in [5.74, 6) is -0.768. The lowest BCUT2D eigenvalue weighted by Gasteiger charge is -2.31. The van der Waals surface area contributed by atoms with Crippen LogP contribution in [0.15, 0.2) is 59.5 Å². The molecular formula is C30H46N4O6S. The second-order valence-corrected chi connectivity index (χ2v) is 12.5. The quantitative estimate of drug-likeness (QED) is 0.196. The van der Waals surface area contributed by atoms with E-state index in [-0.39, 0.29) is 42.6 Å². The molecule has 0 heterocycles. The van der Waals surface area contributed by atoms with Crippen molar-refractivity contribution in [2.24, 2.45) is 0 Å². The highest BCUT2D eigenvalue weighted by Crippen LogP contribution is 2.21. The van der Waals surface area contributed by atoms with E-state index < -0.39 is 34.1 Å². The van der Waals surface area contributed by atoms with Crippen LogP contribution in [0.3, 0.4) is 0 Å². The van der Waals surface area contributed by atoms with E-state index in [0.717, 1.165) is 18.4 Å². The van der Waals surface area contributed by atoms with E-state index in [9.17, 15) is 28.2 Å². The number of likely N-dealkylation sites (N-methyl/N-ethyl adjacent to an activating group) is 1. The molecule has 0 saturated carbocycles. The number of rotatable bonds is 18. The molecule has 3 atom stereocenters. The zero-order chi connectivity index (χ0) is 30.4. The molecule has 10 nitrogen and oxygen atoms in total. The molecule has 0 bridgehead atoms. The van der Waals surface area contributed by atoms with Gasteiger partial charge in [-0.3, -0.25) is 9.59 Å². The zero-order valence-electron chi connectivity index (χ0n) is 24.6. The van der Waals surface area contributed by atoms with Gasteiger partial charge in [-0.15, -0.1) is 0 Å². The van der Waals surface area contributed by atoms with Crippen LogP contribution in [-0.4, -0.2) is 91.6 Å². The van der Waals surface area contributed by atoms with Crippen molar-refractivity contribution in [1.29, 1.82) is 0 Å². The minimum atomic E-state index is -3.99. The Hall–Kier alpha value is -2.99. The molecule has 2 aromatic rings. The number of carbonyl (C=O) groups excluding carboxylic acids is 2. The molecule has 0 radical (unpaired) electrons. The molecule has 41 heavy (non-hydrogen) atoms. The number of benzene rings is 2. The van der Waals surface area contributed by atoms with Crippen LogP contribution < -0.4 is 10.6 Å². The lowest BCUT2D eigenvalue weighted by atomic mass is 10.00. The van der Waals surface area contributed by atoms with Crippen LogP contribution >= 0.6 is 0 Å². The molecule has 1 unspecified atom stereocenters. The van der Waals surface area contributed by atoms with Crippen molar-refractivity contribution in [3.63, 3.8) is 0 Å². The van der Waals surface area contributed by atoms with Gasteiger partial charge in [0.05, 0.1) is 23.6 Å². The second-order valence-electron chi connectivity index (χ2n) is 10.6. The highest BCUT2D eigenvalue weighted by Gasteiger charge is 2.32. The highest BCUT2D eigenvalue weighted by atomic mass is 32.2. The summed E-state index contributed by atoms with van der Waals surface area (Å²) in [6.45, 7) is 4.01. The van der Waals surface area contributed by atoms with Gasteiger partial charge >= 0.3 is 0 Å². The summed E-state index contributed by atoms with van der Waals surface area (Å²) in [6, 6.07) is 13.0. The number of aromatic hydroxyl groups is 1. The maximum atomic E-state index is 13.6. The number of unbranched alkanes of at least 4 members (excludes halogenated alkanes) is 2. The largest absolute Gasteiger partial charge is 0.508 e. The molecule has 0 saturated heterocycles. The van der Waals surface area contributed by atoms with Gasteiger partial charge in [0.1, 0.15) is 11.8 Å². The number of nitrogens with one attached hydrogen (secondary N) is 2. The summed E-state index contributed by atoms with van der Waals surface area (Å²) in [5, 5.41) is 26.8. The van der Waals surface area contributed by atoms with Crippen molar-refractivity contribution in [2.45, 2.75) is 75.5 Å². The van der Waals surface area contributed by atoms with Crippen LogP contribution in [0.25, 0.3) is 0 Å². The lowest BCUT2D eigenvalue weighted by molar-refractivity contribution is -0.130. The fraction of sp³-hybridized carbons (Fsp3) is 0.533. The number of aliphatic hydroxyl groups is 1. The molecule has 11 heteroatoms. The van der Waals surface area contributed by atoms with Crippen LogP contribution in [0.4, 0.5) is 0 Å². The van der Waals surface area contributed by atoms with E-state index >= 15 is 0 Å². The van der Waals surface area contributed by atoms with Gasteiger partial charge in [-0.1, -0.05) is 63.4 Å². The third-order valence-corrected chi connectivity index (χ3v) is 8.54. The first-order valence-corrected chi connectivity index (χ1v) is 15.7. The molecule has 0 aliphatic carbocycles. The molecule has 0 aromatic heterocycles. The van der Waals surface area contributed by atoms with Crippen LogP contribution in [0, 0.1) is 0 Å². The van der Waals surface area contributed by atoms with Crippen molar-refractivity contribution in [2.75, 3.05) is 33.7 Å². The zero-order valence-corrected chi connectivity index (χ0v) is 25.4. The standard InChI is InChI=1S/C30H46N4O6S/c1-5-7-11-19-34(41(39,40)25-17-15-24(35)16-18-25)21-28(36)27(20-23-13-9-8-10-14-23)32-30(38)26(12-6-2)31-29(37)22-33(3)4/h8-10,13-18,26-28,35-36H,5-7,11-12,19-22H2,1-4H3,(H,31,37)(H,32,38)/t26?,27-,28+/m0/s1. The molecule has 228 valence electrons. The van der Waals surface area contributed by atoms with E-state index in [1.165, 1.54) is 28.6 Å². The van der Waals surface area contributed by atoms with Crippen LogP contribution in [0.2, 0.25) is 0 Å². The predicted octanol–water partition coefficient (Wildman–Crippen LogP) is 2.51. The smallest absolute Gasteiger partial charge is 0.243 e. The average molecular weight is 591 g/mol. The predicted molar refractivity (Wildman–Crippen MR) is 160 cm³/mol. The number of hydrogen-bond acceptors (Lipinski definition) is 7. The van der Waals surface area contributed by atoms with E-state index in [1.54, 1.807) is 19.0 Å². The highest BCUT2D eigenvalue weighted by molar-refractivity contribution is 7.89. The molecule has 2 aromatic carbocycles. The van der Waals surface area contributed by atoms with Crippen molar-refractivity contribution in [3.8, 4) is 5.75 Å². The van der Waals surface area contributed by atoms with E-state index in [2.05, 4.69) is 10.6 Å². The van der Waals surface area contributed by atoms with Crippen molar-refractivity contribution in [1.82, 2.24) is 19.8 Å². The van der Waals surface area contributed by atoms with Crippen molar-refractivity contribution < 1.29 is 28.2 Å². The molecule has 0 fully saturated rings. The fourth-order valence-electron chi connectivity index (χ4n) is 4.47. The number of hydrogen-bond donors (Lipinski definition) is 4. The summed E-state index contributed by atoms with van der Waals surface area (Å²) < 4.78 is 28.4. The molecular weight excluding hydrogens is 544 g/mol. The Morgan fingerprint density at radius 1 is 0.927 bits per heavy atom. The minimum Gasteiger partial charge on any atom is -0.508 e. The van der Waals surface area contributed by atoms with Crippen LogP contribution in [0.5, 0.6) is 5.75 Å². The molecule has 4 N–H and O–H groups in total. The summed E-state index contributed by atoms with van der Waals surface area (Å²) in [6.07, 6.45) is 2.40. The van der Waals surface area contributed by atoms with E-state index in [4.69, 9.17) is 0 Å². The first kappa shape index (κ1) is 34.2. The van der Waals surface area contributed by atoms with E-state index in [0.29, 0.717) is 19.3 Å². The Morgan fingerprint density at radius 2 is 1.59 bits per heavy atom. The van der Waals surface area contributed by atoms with Crippen LogP contribution in [0.1, 0.15) is 51.5 Å². The van der Waals surface area contributed by atoms with Gasteiger partial charge in [-0.2, -0.15) is 4.31 Å². The number of phenolic OH excluding ortho intramolecular Hbond substituents is 1. The van der Waals surface area contributed by atoms with Gasteiger partial charge in [-0.05, 0) is 63.2 Å². The Balaban J connectivity index is 2.33. The van der Waals surface area contributed by atoms with Crippen molar-refractivity contribution in [3.05, 3.63) is 60.2 Å². The SMILES string of the molecule is CCCCCN(C[C@@H](O)[C@H](Cc1ccccc1)NC(=O)C(CCC)NC(=O)CN(C)C)S(=O)(=O)c1ccc(O)cc1. The monoisotopic (exact) mass is 590 g/mol. The van der Waals surface area contributed by atoms with Crippen LogP contribution in [-0.2, 0) is 26.0 Å². The number of phenols is 1. The topological polar surface area (TPSA) is 139 Å². The summed E-state index contributed by atoms with van der Waals surface area (Å²) >= 11 is 0. The molecule has 0 spiro atoms. The molecule has 2 rings (SSSR count). The van der Waals surface area contributed by atoms with Gasteiger partial charge in [0.15, 0.2) is 0 Å². The third kappa shape index (κ3) is 11.4. The van der Waals surface area contributed by atoms with Gasteiger partial charge < -0.3 is 25.7 Å². The summed E-state index contributed by atoms with van der Waals surface area (Å²) in [4.78, 5) is 27.5. The van der Waals surface area contributed by atoms with Gasteiger partial charge in [0.2, 0.25) is 21.8 Å². The lowest BCUT2D eigenvalue weighted by Crippen LogP contribution is -2.56. The summed E-state index contributed by atoms with van der Waals surface area (Å²) in [7, 11) is -0.467. The number of nitrogens with zero attached hydrogens (tertiary/aromatic N) is 2. The Bertz CT molecular complexity index is 1180. The maximum Gasteiger partial charge on any atom is 0.243 e. The normalized spacial score (nSPS) is 14.0. The number of aliphatic hydroxyl groups excluding tert-OH is 1. The van der Waals surface area contributed by atoms with Gasteiger partial charge in [-0.25, -0.2) is 8.42 Å². The number of sulfonamides is 1. The Labute approximate surface area is 244 Å². The molecule has 0 aliphatic heterocycles. The average Bonchev–Trinajstić information content (AvgIpc) is 2.92. The van der Waals surface area contributed by atoms with Gasteiger partial charge in [0, 0.05) is 13.1 Å². The number of carbonyl (C=O) groups is 2. The van der Waals surface area contributed by atoms with Crippen molar-refractivity contribution >= 4 is 21.8 Å². The Morgan fingerprint density at radius 3 is 2.17 bits per heavy atom. The molecule has 0 aliphatic rings.